The van der Waals surface area contributed by atoms with Crippen molar-refractivity contribution >= 4 is 17.4 Å². The molecule has 0 aliphatic heterocycles. The minimum atomic E-state index is -0.0722. The largest absolute Gasteiger partial charge is 0.326 e. The molecule has 0 bridgehead atoms. The Morgan fingerprint density at radius 1 is 1.00 bits per heavy atom. The number of hydrogen-bond donors (Lipinski definition) is 1. The molecule has 0 atom stereocenters. The summed E-state index contributed by atoms with van der Waals surface area (Å²) in [6.07, 6.45) is 2.04. The van der Waals surface area contributed by atoms with Crippen LogP contribution in [0.4, 0.5) is 16.2 Å². The summed E-state index contributed by atoms with van der Waals surface area (Å²) in [6, 6.07) is 15.8. The Labute approximate surface area is 133 Å². The van der Waals surface area contributed by atoms with Gasteiger partial charge in [0.15, 0.2) is 0 Å². The smallest absolute Gasteiger partial charge is 0.307 e. The van der Waals surface area contributed by atoms with Crippen LogP contribution in [0, 0.1) is 13.8 Å². The zero-order valence-corrected chi connectivity index (χ0v) is 13.6. The van der Waals surface area contributed by atoms with Crippen LogP contribution in [0.3, 0.4) is 0 Å². The fraction of sp³-hybridized carbons (Fsp3) is 0.316. The number of nitrogens with one attached hydrogen (secondary N) is 1. The van der Waals surface area contributed by atoms with Crippen LogP contribution in [0.15, 0.2) is 48.5 Å². The van der Waals surface area contributed by atoms with E-state index in [4.69, 9.17) is 0 Å². The lowest BCUT2D eigenvalue weighted by Crippen LogP contribution is -2.36. The van der Waals surface area contributed by atoms with Crippen molar-refractivity contribution < 1.29 is 4.79 Å². The lowest BCUT2D eigenvalue weighted by Gasteiger charge is -2.25. The van der Waals surface area contributed by atoms with Crippen LogP contribution in [0.25, 0.3) is 0 Å². The topological polar surface area (TPSA) is 32.3 Å². The predicted molar refractivity (Wildman–Crippen MR) is 93.6 cm³/mol. The highest BCUT2D eigenvalue weighted by atomic mass is 16.2. The van der Waals surface area contributed by atoms with Crippen molar-refractivity contribution in [1.82, 2.24) is 0 Å². The Morgan fingerprint density at radius 2 is 1.64 bits per heavy atom. The summed E-state index contributed by atoms with van der Waals surface area (Å²) < 4.78 is 0. The Morgan fingerprint density at radius 3 is 2.27 bits per heavy atom. The van der Waals surface area contributed by atoms with Crippen LogP contribution in [0.1, 0.15) is 30.9 Å². The molecule has 0 aliphatic carbocycles. The zero-order valence-electron chi connectivity index (χ0n) is 13.6. The maximum atomic E-state index is 12.7. The average Bonchev–Trinajstić information content (AvgIpc) is 2.51. The van der Waals surface area contributed by atoms with E-state index in [1.807, 2.05) is 67.3 Å². The SMILES string of the molecule is CCCCN(C(=O)Nc1ccccc1C)c1ccccc1C. The van der Waals surface area contributed by atoms with Gasteiger partial charge in [0, 0.05) is 17.9 Å². The minimum absolute atomic E-state index is 0.0722. The number of urea groups is 1. The maximum Gasteiger partial charge on any atom is 0.326 e. The molecule has 1 N–H and O–H groups in total. The van der Waals surface area contributed by atoms with E-state index in [-0.39, 0.29) is 6.03 Å². The second kappa shape index (κ2) is 7.64. The highest BCUT2D eigenvalue weighted by Gasteiger charge is 2.17. The van der Waals surface area contributed by atoms with Crippen LogP contribution < -0.4 is 10.2 Å². The molecule has 0 saturated carbocycles. The molecule has 2 aromatic rings. The van der Waals surface area contributed by atoms with Crippen molar-refractivity contribution in [3.05, 3.63) is 59.7 Å². The Hall–Kier alpha value is -2.29. The van der Waals surface area contributed by atoms with Gasteiger partial charge in [-0.1, -0.05) is 49.7 Å². The molecule has 3 nitrogen and oxygen atoms in total. The van der Waals surface area contributed by atoms with Gasteiger partial charge in [-0.2, -0.15) is 0 Å². The fourth-order valence-electron chi connectivity index (χ4n) is 2.41. The molecular formula is C19H24N2O. The third-order valence-corrected chi connectivity index (χ3v) is 3.77. The van der Waals surface area contributed by atoms with Crippen molar-refractivity contribution in [3.8, 4) is 0 Å². The number of unbranched alkanes of at least 4 members (excludes halogenated alkanes) is 1. The van der Waals surface area contributed by atoms with Crippen LogP contribution in [-0.4, -0.2) is 12.6 Å². The first kappa shape index (κ1) is 16.1. The number of benzene rings is 2. The van der Waals surface area contributed by atoms with Gasteiger partial charge < -0.3 is 5.32 Å². The molecule has 0 aliphatic rings. The van der Waals surface area contributed by atoms with Crippen molar-refractivity contribution in [2.75, 3.05) is 16.8 Å². The zero-order chi connectivity index (χ0) is 15.9. The molecule has 0 fully saturated rings. The van der Waals surface area contributed by atoms with E-state index in [0.29, 0.717) is 0 Å². The average molecular weight is 296 g/mol. The second-order valence-electron chi connectivity index (χ2n) is 5.54. The molecule has 0 unspecified atom stereocenters. The van der Waals surface area contributed by atoms with Crippen molar-refractivity contribution in [3.63, 3.8) is 0 Å². The van der Waals surface area contributed by atoms with Crippen LogP contribution in [0.2, 0.25) is 0 Å². The van der Waals surface area contributed by atoms with Gasteiger partial charge in [-0.05, 0) is 43.5 Å². The van der Waals surface area contributed by atoms with Crippen molar-refractivity contribution in [2.24, 2.45) is 0 Å². The van der Waals surface area contributed by atoms with E-state index in [9.17, 15) is 4.79 Å². The first-order valence-corrected chi connectivity index (χ1v) is 7.83. The standard InChI is InChI=1S/C19H24N2O/c1-4-5-14-21(18-13-9-7-11-16(18)3)19(22)20-17-12-8-6-10-15(17)2/h6-13H,4-5,14H2,1-3H3,(H,20,22). The molecule has 0 spiro atoms. The highest BCUT2D eigenvalue weighted by molar-refractivity contribution is 6.02. The molecule has 0 aromatic heterocycles. The molecule has 2 amide bonds. The number of amides is 2. The number of nitrogens with zero attached hydrogens (tertiary/aromatic N) is 1. The molecule has 2 aromatic carbocycles. The van der Waals surface area contributed by atoms with E-state index in [0.717, 1.165) is 41.9 Å². The summed E-state index contributed by atoms with van der Waals surface area (Å²) in [5, 5.41) is 3.03. The summed E-state index contributed by atoms with van der Waals surface area (Å²) in [5.41, 5.74) is 4.01. The van der Waals surface area contributed by atoms with Gasteiger partial charge in [0.05, 0.1) is 0 Å². The van der Waals surface area contributed by atoms with E-state index >= 15 is 0 Å². The van der Waals surface area contributed by atoms with Gasteiger partial charge in [0.2, 0.25) is 0 Å². The number of para-hydroxylation sites is 2. The second-order valence-corrected chi connectivity index (χ2v) is 5.54. The van der Waals surface area contributed by atoms with Gasteiger partial charge in [-0.25, -0.2) is 4.79 Å². The molecule has 116 valence electrons. The lowest BCUT2D eigenvalue weighted by atomic mass is 10.1. The Bertz CT molecular complexity index is 637. The van der Waals surface area contributed by atoms with Gasteiger partial charge in [0.1, 0.15) is 0 Å². The van der Waals surface area contributed by atoms with E-state index in [1.165, 1.54) is 0 Å². The summed E-state index contributed by atoms with van der Waals surface area (Å²) in [4.78, 5) is 14.6. The predicted octanol–water partition coefficient (Wildman–Crippen LogP) is 5.14. The Kier molecular flexibility index (Phi) is 5.59. The normalized spacial score (nSPS) is 10.3. The number of aryl methyl sites for hydroxylation is 2. The monoisotopic (exact) mass is 296 g/mol. The third kappa shape index (κ3) is 3.88. The summed E-state index contributed by atoms with van der Waals surface area (Å²) in [6.45, 7) is 6.89. The van der Waals surface area contributed by atoms with Crippen LogP contribution in [-0.2, 0) is 0 Å². The van der Waals surface area contributed by atoms with Crippen molar-refractivity contribution in [1.29, 1.82) is 0 Å². The highest BCUT2D eigenvalue weighted by Crippen LogP contribution is 2.22. The summed E-state index contributed by atoms with van der Waals surface area (Å²) >= 11 is 0. The molecule has 0 radical (unpaired) electrons. The van der Waals surface area contributed by atoms with E-state index in [1.54, 1.807) is 0 Å². The first-order valence-electron chi connectivity index (χ1n) is 7.83. The van der Waals surface area contributed by atoms with Gasteiger partial charge in [-0.15, -0.1) is 0 Å². The molecule has 0 heterocycles. The number of hydrogen-bond acceptors (Lipinski definition) is 1. The van der Waals surface area contributed by atoms with Crippen LogP contribution in [0.5, 0.6) is 0 Å². The van der Waals surface area contributed by atoms with Crippen LogP contribution >= 0.6 is 0 Å². The first-order chi connectivity index (χ1) is 10.6. The van der Waals surface area contributed by atoms with E-state index in [2.05, 4.69) is 12.2 Å². The summed E-state index contributed by atoms with van der Waals surface area (Å²) in [7, 11) is 0. The lowest BCUT2D eigenvalue weighted by molar-refractivity contribution is 0.256. The summed E-state index contributed by atoms with van der Waals surface area (Å²) in [5.74, 6) is 0. The van der Waals surface area contributed by atoms with Gasteiger partial charge >= 0.3 is 6.03 Å². The van der Waals surface area contributed by atoms with E-state index < -0.39 is 0 Å². The number of carbonyl (C=O) groups excluding carboxylic acids is 1. The number of anilines is 2. The number of rotatable bonds is 5. The quantitative estimate of drug-likeness (QED) is 0.813. The molecular weight excluding hydrogens is 272 g/mol. The van der Waals surface area contributed by atoms with Gasteiger partial charge in [-0.3, -0.25) is 4.90 Å². The molecule has 22 heavy (non-hydrogen) atoms. The fourth-order valence-corrected chi connectivity index (χ4v) is 2.41. The van der Waals surface area contributed by atoms with Crippen molar-refractivity contribution in [2.45, 2.75) is 33.6 Å². The maximum absolute atomic E-state index is 12.7. The van der Waals surface area contributed by atoms with Gasteiger partial charge in [0.25, 0.3) is 0 Å². The minimum Gasteiger partial charge on any atom is -0.307 e. The Balaban J connectivity index is 2.24. The third-order valence-electron chi connectivity index (χ3n) is 3.77. The number of carbonyl (C=O) groups is 1. The molecule has 3 heteroatoms. The molecule has 0 saturated heterocycles. The molecule has 2 rings (SSSR count).